The Kier molecular flexibility index (Phi) is 7.59. The highest BCUT2D eigenvalue weighted by molar-refractivity contribution is 6.33. The topological polar surface area (TPSA) is 66.6 Å². The molecule has 0 radical (unpaired) electrons. The fraction of sp³-hybridized carbons (Fsp3) is 0.300. The maximum Gasteiger partial charge on any atom is 0.221 e. The molecule has 1 fully saturated rings. The second kappa shape index (κ2) is 11.2. The molecule has 36 heavy (non-hydrogen) atoms. The van der Waals surface area contributed by atoms with Crippen molar-refractivity contribution in [2.75, 3.05) is 7.11 Å². The lowest BCUT2D eigenvalue weighted by atomic mass is 9.80. The van der Waals surface area contributed by atoms with Crippen LogP contribution in [0.4, 0.5) is 0 Å². The van der Waals surface area contributed by atoms with Gasteiger partial charge in [0.1, 0.15) is 18.1 Å². The second-order valence-electron chi connectivity index (χ2n) is 9.35. The molecule has 0 saturated heterocycles. The van der Waals surface area contributed by atoms with Crippen molar-refractivity contribution in [1.29, 1.82) is 0 Å². The number of ether oxygens (including phenoxy) is 3. The molecule has 5 nitrogen and oxygen atoms in total. The summed E-state index contributed by atoms with van der Waals surface area (Å²) in [6, 6.07) is 24.0. The van der Waals surface area contributed by atoms with Gasteiger partial charge in [-0.2, -0.15) is 0 Å². The summed E-state index contributed by atoms with van der Waals surface area (Å²) >= 11 is 6.66. The minimum atomic E-state index is 0.0166. The molecule has 1 aromatic heterocycles. The largest absolute Gasteiger partial charge is 0.497 e. The number of methoxy groups -OCH3 is 1. The van der Waals surface area contributed by atoms with E-state index in [1.165, 1.54) is 0 Å². The summed E-state index contributed by atoms with van der Waals surface area (Å²) in [6.45, 7) is 0.449. The van der Waals surface area contributed by atoms with E-state index < -0.39 is 0 Å². The lowest BCUT2D eigenvalue weighted by Gasteiger charge is -2.32. The minimum absolute atomic E-state index is 0.0166. The number of rotatable bonds is 8. The van der Waals surface area contributed by atoms with Crippen molar-refractivity contribution in [3.63, 3.8) is 0 Å². The predicted molar refractivity (Wildman–Crippen MR) is 144 cm³/mol. The maximum absolute atomic E-state index is 6.66. The monoisotopic (exact) mass is 502 g/mol. The van der Waals surface area contributed by atoms with Gasteiger partial charge >= 0.3 is 0 Å². The Hall–Kier alpha value is -3.28. The number of nitrogens with two attached hydrogens (primary N) is 1. The number of aromatic nitrogens is 1. The van der Waals surface area contributed by atoms with E-state index in [1.54, 1.807) is 13.3 Å². The maximum atomic E-state index is 6.66. The normalized spacial score (nSPS) is 18.5. The fourth-order valence-electron chi connectivity index (χ4n) is 4.92. The summed E-state index contributed by atoms with van der Waals surface area (Å²) < 4.78 is 17.6. The Morgan fingerprint density at radius 1 is 0.972 bits per heavy atom. The highest BCUT2D eigenvalue weighted by Crippen LogP contribution is 2.38. The van der Waals surface area contributed by atoms with Crippen LogP contribution in [-0.4, -0.2) is 18.2 Å². The average Bonchev–Trinajstić information content (AvgIpc) is 2.93. The molecule has 1 heterocycles. The van der Waals surface area contributed by atoms with Crippen LogP contribution in [0.25, 0.3) is 10.8 Å². The van der Waals surface area contributed by atoms with Gasteiger partial charge in [0.15, 0.2) is 0 Å². The second-order valence-corrected chi connectivity index (χ2v) is 9.75. The Balaban J connectivity index is 1.22. The average molecular weight is 503 g/mol. The van der Waals surface area contributed by atoms with Crippen molar-refractivity contribution in [1.82, 2.24) is 4.98 Å². The van der Waals surface area contributed by atoms with E-state index in [-0.39, 0.29) is 12.1 Å². The molecule has 4 aromatic rings. The number of hydrogen-bond acceptors (Lipinski definition) is 5. The molecule has 0 spiro atoms. The lowest BCUT2D eigenvalue weighted by Crippen LogP contribution is -2.30. The van der Waals surface area contributed by atoms with E-state index in [1.807, 2.05) is 60.7 Å². The van der Waals surface area contributed by atoms with Crippen molar-refractivity contribution < 1.29 is 14.2 Å². The number of benzene rings is 3. The number of halogens is 1. The summed E-state index contributed by atoms with van der Waals surface area (Å²) in [5.74, 6) is 2.55. The van der Waals surface area contributed by atoms with Crippen LogP contribution in [0.3, 0.4) is 0 Å². The molecule has 1 unspecified atom stereocenters. The first kappa shape index (κ1) is 24.4. The molecule has 1 aliphatic rings. The SMILES string of the molecule is COc1ccc(C(N)[C@H]2CC[C@@H](Oc3cc4ccnc(OCc5ccccc5)c4cc3Cl)CC2)cc1. The van der Waals surface area contributed by atoms with E-state index in [4.69, 9.17) is 31.5 Å². The first-order chi connectivity index (χ1) is 17.6. The van der Waals surface area contributed by atoms with Crippen molar-refractivity contribution in [2.24, 2.45) is 11.7 Å². The van der Waals surface area contributed by atoms with Crippen LogP contribution in [0.1, 0.15) is 42.9 Å². The molecule has 6 heteroatoms. The standard InChI is InChI=1S/C30H31ClN2O3/c1-34-24-11-7-21(8-12-24)29(32)22-9-13-25(14-10-22)36-28-17-23-15-16-33-30(26(23)18-27(28)31)35-19-20-5-3-2-4-6-20/h2-8,11-12,15-18,22,25,29H,9-10,13-14,19,32H2,1H3/t22-,25+,29?. The smallest absolute Gasteiger partial charge is 0.221 e. The summed E-state index contributed by atoms with van der Waals surface area (Å²) in [5.41, 5.74) is 8.84. The number of hydrogen-bond donors (Lipinski definition) is 1. The molecule has 186 valence electrons. The molecular weight excluding hydrogens is 472 g/mol. The third-order valence-electron chi connectivity index (χ3n) is 7.02. The van der Waals surface area contributed by atoms with Gasteiger partial charge in [0.25, 0.3) is 0 Å². The summed E-state index contributed by atoms with van der Waals surface area (Å²) in [5, 5.41) is 2.43. The van der Waals surface area contributed by atoms with Gasteiger partial charge in [0, 0.05) is 17.6 Å². The predicted octanol–water partition coefficient (Wildman–Crippen LogP) is 7.11. The summed E-state index contributed by atoms with van der Waals surface area (Å²) in [6.07, 6.45) is 5.81. The molecule has 3 aromatic carbocycles. The van der Waals surface area contributed by atoms with Crippen LogP contribution in [-0.2, 0) is 6.61 Å². The van der Waals surface area contributed by atoms with Gasteiger partial charge in [0.2, 0.25) is 5.88 Å². The van der Waals surface area contributed by atoms with E-state index in [2.05, 4.69) is 17.1 Å². The minimum Gasteiger partial charge on any atom is -0.497 e. The van der Waals surface area contributed by atoms with Crippen molar-refractivity contribution >= 4 is 22.4 Å². The molecule has 1 aliphatic carbocycles. The Labute approximate surface area is 217 Å². The van der Waals surface area contributed by atoms with E-state index in [0.717, 1.165) is 53.3 Å². The van der Waals surface area contributed by atoms with Crippen molar-refractivity contribution in [2.45, 2.75) is 44.4 Å². The van der Waals surface area contributed by atoms with E-state index >= 15 is 0 Å². The molecule has 1 saturated carbocycles. The highest BCUT2D eigenvalue weighted by Gasteiger charge is 2.28. The van der Waals surface area contributed by atoms with Crippen LogP contribution in [0.15, 0.2) is 79.0 Å². The number of fused-ring (bicyclic) bond motifs is 1. The third kappa shape index (κ3) is 5.58. The first-order valence-electron chi connectivity index (χ1n) is 12.4. The number of pyridine rings is 1. The fourth-order valence-corrected chi connectivity index (χ4v) is 5.13. The lowest BCUT2D eigenvalue weighted by molar-refractivity contribution is 0.123. The quantitative estimate of drug-likeness (QED) is 0.278. The molecule has 0 bridgehead atoms. The van der Waals surface area contributed by atoms with Gasteiger partial charge in [-0.15, -0.1) is 0 Å². The van der Waals surface area contributed by atoms with Crippen LogP contribution in [0.5, 0.6) is 17.4 Å². The van der Waals surface area contributed by atoms with Crippen LogP contribution in [0.2, 0.25) is 5.02 Å². The number of nitrogens with zero attached hydrogens (tertiary/aromatic N) is 1. The van der Waals surface area contributed by atoms with Crippen LogP contribution in [0, 0.1) is 5.92 Å². The zero-order valence-electron chi connectivity index (χ0n) is 20.4. The van der Waals surface area contributed by atoms with Crippen LogP contribution < -0.4 is 19.9 Å². The van der Waals surface area contributed by atoms with Gasteiger partial charge in [-0.05, 0) is 78.4 Å². The molecule has 0 aliphatic heterocycles. The van der Waals surface area contributed by atoms with Gasteiger partial charge in [0.05, 0.1) is 18.2 Å². The van der Waals surface area contributed by atoms with Gasteiger partial charge in [-0.3, -0.25) is 0 Å². The van der Waals surface area contributed by atoms with Crippen LogP contribution >= 0.6 is 11.6 Å². The van der Waals surface area contributed by atoms with Gasteiger partial charge < -0.3 is 19.9 Å². The third-order valence-corrected chi connectivity index (χ3v) is 7.32. The van der Waals surface area contributed by atoms with E-state index in [9.17, 15) is 0 Å². The molecule has 0 amide bonds. The van der Waals surface area contributed by atoms with Gasteiger partial charge in [-0.25, -0.2) is 4.98 Å². The van der Waals surface area contributed by atoms with Crippen molar-refractivity contribution in [3.05, 3.63) is 95.1 Å². The Morgan fingerprint density at radius 3 is 2.44 bits per heavy atom. The highest BCUT2D eigenvalue weighted by atomic mass is 35.5. The Bertz CT molecular complexity index is 1290. The summed E-state index contributed by atoms with van der Waals surface area (Å²) in [7, 11) is 1.67. The summed E-state index contributed by atoms with van der Waals surface area (Å²) in [4.78, 5) is 4.43. The molecular formula is C30H31ClN2O3. The zero-order valence-corrected chi connectivity index (χ0v) is 21.2. The molecule has 1 atom stereocenters. The molecule has 5 rings (SSSR count). The van der Waals surface area contributed by atoms with Crippen molar-refractivity contribution in [3.8, 4) is 17.4 Å². The molecule has 2 N–H and O–H groups in total. The van der Waals surface area contributed by atoms with Gasteiger partial charge in [-0.1, -0.05) is 54.1 Å². The zero-order chi connectivity index (χ0) is 24.9. The Morgan fingerprint density at radius 2 is 1.72 bits per heavy atom. The first-order valence-corrected chi connectivity index (χ1v) is 12.8. The van der Waals surface area contributed by atoms with E-state index in [0.29, 0.717) is 29.2 Å².